The first-order chi connectivity index (χ1) is 5.63. The van der Waals surface area contributed by atoms with Crippen LogP contribution in [0.4, 0.5) is 0 Å². The van der Waals surface area contributed by atoms with E-state index in [4.69, 9.17) is 0 Å². The predicted molar refractivity (Wildman–Crippen MR) is 45.7 cm³/mol. The van der Waals surface area contributed by atoms with Gasteiger partial charge in [-0.15, -0.1) is 0 Å². The fraction of sp³-hybridized carbons (Fsp3) is 0.333. The van der Waals surface area contributed by atoms with E-state index in [0.717, 1.165) is 23.8 Å². The van der Waals surface area contributed by atoms with E-state index in [0.29, 0.717) is 11.3 Å². The summed E-state index contributed by atoms with van der Waals surface area (Å²) < 4.78 is 1.73. The Morgan fingerprint density at radius 3 is 2.00 bits per heavy atom. The van der Waals surface area contributed by atoms with Crippen LogP contribution < -0.4 is 0 Å². The van der Waals surface area contributed by atoms with Gasteiger partial charge in [-0.25, -0.2) is 0 Å². The molecule has 1 aromatic rings. The lowest BCUT2D eigenvalue weighted by molar-refractivity contribution is 0.111. The van der Waals surface area contributed by atoms with Crippen molar-refractivity contribution in [3.8, 4) is 0 Å². The predicted octanol–water partition coefficient (Wildman–Crippen LogP) is 1.27. The van der Waals surface area contributed by atoms with Crippen LogP contribution in [0.3, 0.4) is 0 Å². The summed E-state index contributed by atoms with van der Waals surface area (Å²) in [5.41, 5.74) is 2.80. The molecule has 0 fully saturated rings. The largest absolute Gasteiger partial charge is 0.345 e. The summed E-state index contributed by atoms with van der Waals surface area (Å²) in [6.45, 7) is 3.60. The van der Waals surface area contributed by atoms with E-state index in [1.54, 1.807) is 18.5 Å². The van der Waals surface area contributed by atoms with Gasteiger partial charge in [-0.05, 0) is 19.4 Å². The highest BCUT2D eigenvalue weighted by atomic mass is 16.1. The summed E-state index contributed by atoms with van der Waals surface area (Å²) in [6.07, 6.45) is 1.56. The Hall–Kier alpha value is -1.38. The molecule has 0 saturated heterocycles. The number of aldehydes is 2. The minimum absolute atomic E-state index is 0.578. The van der Waals surface area contributed by atoms with E-state index in [1.165, 1.54) is 0 Å². The van der Waals surface area contributed by atoms with Crippen LogP contribution in [0.5, 0.6) is 0 Å². The first-order valence-electron chi connectivity index (χ1n) is 3.69. The van der Waals surface area contributed by atoms with Crippen LogP contribution in [0.15, 0.2) is 0 Å². The monoisotopic (exact) mass is 165 g/mol. The summed E-state index contributed by atoms with van der Waals surface area (Å²) in [5.74, 6) is 0. The van der Waals surface area contributed by atoms with E-state index in [1.807, 2.05) is 6.92 Å². The van der Waals surface area contributed by atoms with Crippen molar-refractivity contribution < 1.29 is 9.59 Å². The van der Waals surface area contributed by atoms with Crippen molar-refractivity contribution >= 4 is 12.6 Å². The molecule has 0 saturated carbocycles. The molecule has 1 heterocycles. The minimum Gasteiger partial charge on any atom is -0.345 e. The normalized spacial score (nSPS) is 9.92. The van der Waals surface area contributed by atoms with Gasteiger partial charge in [-0.2, -0.15) is 0 Å². The van der Waals surface area contributed by atoms with Crippen molar-refractivity contribution in [2.75, 3.05) is 0 Å². The van der Waals surface area contributed by atoms with Crippen LogP contribution in [0, 0.1) is 13.8 Å². The fourth-order valence-corrected chi connectivity index (χ4v) is 1.36. The number of aromatic nitrogens is 1. The average molecular weight is 165 g/mol. The van der Waals surface area contributed by atoms with Gasteiger partial charge in [0.1, 0.15) is 0 Å². The Morgan fingerprint density at radius 1 is 1.17 bits per heavy atom. The highest BCUT2D eigenvalue weighted by molar-refractivity contribution is 5.86. The highest BCUT2D eigenvalue weighted by Gasteiger charge is 2.12. The number of carbonyl (C=O) groups excluding carboxylic acids is 2. The van der Waals surface area contributed by atoms with E-state index in [-0.39, 0.29) is 0 Å². The van der Waals surface area contributed by atoms with Crippen molar-refractivity contribution in [2.45, 2.75) is 13.8 Å². The molecule has 12 heavy (non-hydrogen) atoms. The number of carbonyl (C=O) groups is 2. The number of rotatable bonds is 2. The maximum absolute atomic E-state index is 10.6. The Morgan fingerprint density at radius 2 is 1.75 bits per heavy atom. The van der Waals surface area contributed by atoms with E-state index >= 15 is 0 Å². The van der Waals surface area contributed by atoms with Crippen molar-refractivity contribution in [1.29, 1.82) is 0 Å². The molecule has 3 nitrogen and oxygen atoms in total. The molecule has 0 atom stereocenters. The van der Waals surface area contributed by atoms with Crippen molar-refractivity contribution in [1.82, 2.24) is 4.57 Å². The molecule has 0 N–H and O–H groups in total. The van der Waals surface area contributed by atoms with Crippen LogP contribution in [0.25, 0.3) is 0 Å². The zero-order valence-electron chi connectivity index (χ0n) is 7.42. The van der Waals surface area contributed by atoms with Gasteiger partial charge < -0.3 is 4.57 Å². The van der Waals surface area contributed by atoms with Crippen LogP contribution in [-0.4, -0.2) is 17.1 Å². The number of hydrogen-bond acceptors (Lipinski definition) is 2. The van der Waals surface area contributed by atoms with Crippen molar-refractivity contribution in [3.05, 3.63) is 22.5 Å². The Labute approximate surface area is 71.0 Å². The highest BCUT2D eigenvalue weighted by Crippen LogP contribution is 2.17. The zero-order chi connectivity index (χ0) is 9.30. The van der Waals surface area contributed by atoms with Crippen molar-refractivity contribution in [2.24, 2.45) is 7.05 Å². The second-order valence-electron chi connectivity index (χ2n) is 2.80. The summed E-state index contributed by atoms with van der Waals surface area (Å²) in [5, 5.41) is 0. The van der Waals surface area contributed by atoms with Gasteiger partial charge in [0, 0.05) is 18.3 Å². The minimum atomic E-state index is 0.578. The lowest BCUT2D eigenvalue weighted by Gasteiger charge is -1.96. The Bertz CT molecular complexity index is 305. The number of hydrogen-bond donors (Lipinski definition) is 0. The standard InChI is InChI=1S/C9H11NO2/c1-6-8(4-11)7(2)10(3)9(6)5-12/h4-5H,1-3H3. The van der Waals surface area contributed by atoms with Crippen LogP contribution in [0.2, 0.25) is 0 Å². The second-order valence-corrected chi connectivity index (χ2v) is 2.80. The molecule has 0 amide bonds. The van der Waals surface area contributed by atoms with E-state index in [2.05, 4.69) is 0 Å². The van der Waals surface area contributed by atoms with Crippen LogP contribution in [-0.2, 0) is 7.05 Å². The van der Waals surface area contributed by atoms with Gasteiger partial charge in [-0.3, -0.25) is 9.59 Å². The van der Waals surface area contributed by atoms with Gasteiger partial charge in [0.2, 0.25) is 0 Å². The third kappa shape index (κ3) is 0.978. The van der Waals surface area contributed by atoms with E-state index in [9.17, 15) is 9.59 Å². The fourth-order valence-electron chi connectivity index (χ4n) is 1.36. The lowest BCUT2D eigenvalue weighted by atomic mass is 10.1. The first-order valence-corrected chi connectivity index (χ1v) is 3.69. The van der Waals surface area contributed by atoms with Gasteiger partial charge in [0.05, 0.1) is 5.69 Å². The summed E-state index contributed by atoms with van der Waals surface area (Å²) >= 11 is 0. The molecule has 0 bridgehead atoms. The first kappa shape index (κ1) is 8.71. The maximum atomic E-state index is 10.6. The van der Waals surface area contributed by atoms with Crippen LogP contribution >= 0.6 is 0 Å². The quantitative estimate of drug-likeness (QED) is 0.619. The molecular weight excluding hydrogens is 154 g/mol. The Balaban J connectivity index is 3.52. The summed E-state index contributed by atoms with van der Waals surface area (Å²) in [4.78, 5) is 21.2. The molecule has 0 spiro atoms. The summed E-state index contributed by atoms with van der Waals surface area (Å²) in [6, 6.07) is 0. The molecular formula is C9H11NO2. The molecule has 1 aromatic heterocycles. The number of nitrogens with zero attached hydrogens (tertiary/aromatic N) is 1. The molecule has 0 radical (unpaired) electrons. The topological polar surface area (TPSA) is 39.1 Å². The molecule has 0 unspecified atom stereocenters. The van der Waals surface area contributed by atoms with Gasteiger partial charge in [0.15, 0.2) is 12.6 Å². The van der Waals surface area contributed by atoms with E-state index < -0.39 is 0 Å². The molecule has 0 aliphatic rings. The molecule has 0 aliphatic heterocycles. The maximum Gasteiger partial charge on any atom is 0.166 e. The second kappa shape index (κ2) is 2.93. The molecule has 3 heteroatoms. The zero-order valence-corrected chi connectivity index (χ0v) is 7.42. The van der Waals surface area contributed by atoms with Gasteiger partial charge >= 0.3 is 0 Å². The Kier molecular flexibility index (Phi) is 2.13. The molecule has 64 valence electrons. The average Bonchev–Trinajstić information content (AvgIpc) is 2.25. The molecule has 1 rings (SSSR count). The summed E-state index contributed by atoms with van der Waals surface area (Å²) in [7, 11) is 1.78. The van der Waals surface area contributed by atoms with Crippen molar-refractivity contribution in [3.63, 3.8) is 0 Å². The van der Waals surface area contributed by atoms with Gasteiger partial charge in [0.25, 0.3) is 0 Å². The molecule has 0 aliphatic carbocycles. The third-order valence-electron chi connectivity index (χ3n) is 2.27. The molecule has 0 aromatic carbocycles. The third-order valence-corrected chi connectivity index (χ3v) is 2.27. The SMILES string of the molecule is Cc1c(C=O)c(C)n(C)c1C=O. The lowest BCUT2D eigenvalue weighted by Crippen LogP contribution is -1.97. The van der Waals surface area contributed by atoms with Gasteiger partial charge in [-0.1, -0.05) is 0 Å². The smallest absolute Gasteiger partial charge is 0.166 e. The van der Waals surface area contributed by atoms with Crippen LogP contribution in [0.1, 0.15) is 32.1 Å².